The van der Waals surface area contributed by atoms with Crippen LogP contribution in [0, 0.1) is 0 Å². The number of ether oxygens (including phenoxy) is 2. The second-order valence-corrected chi connectivity index (χ2v) is 4.81. The van der Waals surface area contributed by atoms with E-state index in [1.165, 1.54) is 0 Å². The van der Waals surface area contributed by atoms with Gasteiger partial charge >= 0.3 is 6.09 Å². The van der Waals surface area contributed by atoms with Gasteiger partial charge < -0.3 is 14.4 Å². The van der Waals surface area contributed by atoms with Gasteiger partial charge in [0, 0.05) is 6.42 Å². The highest BCUT2D eigenvalue weighted by molar-refractivity contribution is 5.92. The molecule has 122 valence electrons. The van der Waals surface area contributed by atoms with Gasteiger partial charge in [-0.2, -0.15) is 0 Å². The molecule has 0 bridgehead atoms. The lowest BCUT2D eigenvalue weighted by Crippen LogP contribution is -3.13. The number of imide groups is 1. The number of hydrogen-bond acceptors (Lipinski definition) is 4. The molecule has 2 amide bonds. The maximum Gasteiger partial charge on any atom is 0.414 e. The largest absolute Gasteiger partial charge is 0.493 e. The van der Waals surface area contributed by atoms with Crippen molar-refractivity contribution in [1.29, 1.82) is 0 Å². The van der Waals surface area contributed by atoms with E-state index in [0.717, 1.165) is 30.2 Å². The molecule has 0 saturated heterocycles. The van der Waals surface area contributed by atoms with E-state index in [9.17, 15) is 9.59 Å². The molecule has 1 aromatic rings. The van der Waals surface area contributed by atoms with Crippen LogP contribution in [0.1, 0.15) is 20.3 Å². The second kappa shape index (κ2) is 10.6. The fraction of sp³-hybridized carbons (Fsp3) is 0.500. The minimum absolute atomic E-state index is 0.250. The molecule has 1 atom stereocenters. The van der Waals surface area contributed by atoms with Gasteiger partial charge in [0.1, 0.15) is 5.75 Å². The number of carbonyl (C=O) groups is 2. The van der Waals surface area contributed by atoms with Crippen molar-refractivity contribution < 1.29 is 24.0 Å². The van der Waals surface area contributed by atoms with E-state index >= 15 is 0 Å². The number of benzene rings is 1. The van der Waals surface area contributed by atoms with Crippen LogP contribution in [0.3, 0.4) is 0 Å². The molecular formula is C16H25N2O4+. The lowest BCUT2D eigenvalue weighted by Gasteiger charge is -2.17. The van der Waals surface area contributed by atoms with Crippen molar-refractivity contribution >= 4 is 12.0 Å². The molecule has 1 rings (SSSR count). The van der Waals surface area contributed by atoms with Crippen molar-refractivity contribution in [3.05, 3.63) is 30.3 Å². The Kier molecular flexibility index (Phi) is 8.67. The van der Waals surface area contributed by atoms with Crippen LogP contribution in [-0.4, -0.2) is 44.8 Å². The molecular weight excluding hydrogens is 284 g/mol. The molecule has 0 aliphatic heterocycles. The van der Waals surface area contributed by atoms with Gasteiger partial charge in [0.05, 0.1) is 26.3 Å². The summed E-state index contributed by atoms with van der Waals surface area (Å²) in [6.45, 7) is 6.42. The molecule has 0 heterocycles. The molecule has 1 aromatic carbocycles. The molecule has 2 N–H and O–H groups in total. The summed E-state index contributed by atoms with van der Waals surface area (Å²) in [5, 5.41) is 2.21. The van der Waals surface area contributed by atoms with Gasteiger partial charge in [-0.05, 0) is 26.0 Å². The first-order valence-corrected chi connectivity index (χ1v) is 7.63. The third-order valence-corrected chi connectivity index (χ3v) is 3.11. The van der Waals surface area contributed by atoms with Gasteiger partial charge in [-0.15, -0.1) is 0 Å². The zero-order chi connectivity index (χ0) is 16.2. The maximum atomic E-state index is 11.7. The van der Waals surface area contributed by atoms with Crippen LogP contribution < -0.4 is 15.0 Å². The van der Waals surface area contributed by atoms with E-state index in [4.69, 9.17) is 4.74 Å². The third kappa shape index (κ3) is 7.64. The molecule has 6 heteroatoms. The van der Waals surface area contributed by atoms with E-state index < -0.39 is 6.09 Å². The molecule has 6 nitrogen and oxygen atoms in total. The van der Waals surface area contributed by atoms with Crippen molar-refractivity contribution in [2.75, 3.05) is 32.8 Å². The lowest BCUT2D eigenvalue weighted by molar-refractivity contribution is -0.890. The number of hydrogen-bond donors (Lipinski definition) is 2. The standard InChI is InChI=1S/C16H24N2O4/c1-3-18(13-15(19)17-16(20)21-4-2)11-8-12-22-14-9-6-5-7-10-14/h5-7,9-10H,3-4,8,11-13H2,1-2H3,(H,17,19,20)/p+1. The number of likely N-dealkylation sites (N-methyl/N-ethyl adjacent to an activating group) is 1. The second-order valence-electron chi connectivity index (χ2n) is 4.81. The lowest BCUT2D eigenvalue weighted by atomic mass is 10.3. The Labute approximate surface area is 131 Å². The van der Waals surface area contributed by atoms with Crippen LogP contribution in [0.15, 0.2) is 30.3 Å². The maximum absolute atomic E-state index is 11.7. The molecule has 0 aliphatic carbocycles. The number of para-hydroxylation sites is 1. The molecule has 0 fully saturated rings. The molecule has 0 aromatic heterocycles. The molecule has 0 saturated carbocycles. The first kappa shape index (κ1) is 18.0. The quantitative estimate of drug-likeness (QED) is 0.657. The van der Waals surface area contributed by atoms with E-state index in [-0.39, 0.29) is 19.1 Å². The normalized spacial score (nSPS) is 11.5. The number of amides is 2. The highest BCUT2D eigenvalue weighted by Gasteiger charge is 2.15. The molecule has 0 spiro atoms. The SMILES string of the molecule is CCOC(=O)NC(=O)C[NH+](CC)CCCOc1ccccc1. The van der Waals surface area contributed by atoms with E-state index in [1.54, 1.807) is 6.92 Å². The Balaban J connectivity index is 2.21. The monoisotopic (exact) mass is 309 g/mol. The van der Waals surface area contributed by atoms with Crippen molar-refractivity contribution in [1.82, 2.24) is 5.32 Å². The van der Waals surface area contributed by atoms with Crippen molar-refractivity contribution in [2.24, 2.45) is 0 Å². The number of nitrogens with one attached hydrogen (secondary N) is 2. The predicted molar refractivity (Wildman–Crippen MR) is 83.0 cm³/mol. The van der Waals surface area contributed by atoms with Crippen LogP contribution in [0.2, 0.25) is 0 Å². The minimum Gasteiger partial charge on any atom is -0.493 e. The molecule has 0 aliphatic rings. The Hall–Kier alpha value is -2.08. The van der Waals surface area contributed by atoms with Gasteiger partial charge in [0.25, 0.3) is 5.91 Å². The highest BCUT2D eigenvalue weighted by atomic mass is 16.5. The Morgan fingerprint density at radius 3 is 2.55 bits per heavy atom. The Bertz CT molecular complexity index is 451. The van der Waals surface area contributed by atoms with Crippen LogP contribution >= 0.6 is 0 Å². The predicted octanol–water partition coefficient (Wildman–Crippen LogP) is 0.633. The van der Waals surface area contributed by atoms with Crippen LogP contribution in [0.4, 0.5) is 4.79 Å². The number of carbonyl (C=O) groups excluding carboxylic acids is 2. The van der Waals surface area contributed by atoms with Gasteiger partial charge in [-0.3, -0.25) is 10.1 Å². The summed E-state index contributed by atoms with van der Waals surface area (Å²) in [6, 6.07) is 9.63. The summed E-state index contributed by atoms with van der Waals surface area (Å²) >= 11 is 0. The van der Waals surface area contributed by atoms with Crippen LogP contribution in [-0.2, 0) is 9.53 Å². The van der Waals surface area contributed by atoms with Crippen molar-refractivity contribution in [3.8, 4) is 5.75 Å². The first-order valence-electron chi connectivity index (χ1n) is 7.63. The summed E-state index contributed by atoms with van der Waals surface area (Å²) in [5.74, 6) is 0.528. The summed E-state index contributed by atoms with van der Waals surface area (Å²) in [4.78, 5) is 23.9. The van der Waals surface area contributed by atoms with Crippen LogP contribution in [0.5, 0.6) is 5.75 Å². The van der Waals surface area contributed by atoms with E-state index in [0.29, 0.717) is 6.61 Å². The fourth-order valence-electron chi connectivity index (χ4n) is 1.97. The number of quaternary nitrogens is 1. The summed E-state index contributed by atoms with van der Waals surface area (Å²) in [5.41, 5.74) is 0. The van der Waals surface area contributed by atoms with E-state index in [2.05, 4.69) is 10.1 Å². The summed E-state index contributed by atoms with van der Waals surface area (Å²) < 4.78 is 10.3. The fourth-order valence-corrected chi connectivity index (χ4v) is 1.97. The van der Waals surface area contributed by atoms with Crippen molar-refractivity contribution in [2.45, 2.75) is 20.3 Å². The van der Waals surface area contributed by atoms with Gasteiger partial charge in [0.15, 0.2) is 6.54 Å². The first-order chi connectivity index (χ1) is 10.7. The third-order valence-electron chi connectivity index (χ3n) is 3.11. The number of alkyl carbamates (subject to hydrolysis) is 1. The average Bonchev–Trinajstić information content (AvgIpc) is 2.51. The Morgan fingerprint density at radius 2 is 1.91 bits per heavy atom. The Morgan fingerprint density at radius 1 is 1.18 bits per heavy atom. The summed E-state index contributed by atoms with van der Waals surface area (Å²) in [6.07, 6.45) is 0.153. The van der Waals surface area contributed by atoms with Crippen LogP contribution in [0.25, 0.3) is 0 Å². The minimum atomic E-state index is -0.685. The highest BCUT2D eigenvalue weighted by Crippen LogP contribution is 2.07. The summed E-state index contributed by atoms with van der Waals surface area (Å²) in [7, 11) is 0. The van der Waals surface area contributed by atoms with Gasteiger partial charge in [-0.1, -0.05) is 18.2 Å². The van der Waals surface area contributed by atoms with Gasteiger partial charge in [0.2, 0.25) is 0 Å². The molecule has 0 radical (unpaired) electrons. The van der Waals surface area contributed by atoms with E-state index in [1.807, 2.05) is 37.3 Å². The van der Waals surface area contributed by atoms with Gasteiger partial charge in [-0.25, -0.2) is 4.79 Å². The topological polar surface area (TPSA) is 69.1 Å². The number of rotatable bonds is 9. The zero-order valence-electron chi connectivity index (χ0n) is 13.3. The smallest absolute Gasteiger partial charge is 0.414 e. The molecule has 1 unspecified atom stereocenters. The van der Waals surface area contributed by atoms with Crippen molar-refractivity contribution in [3.63, 3.8) is 0 Å². The average molecular weight is 309 g/mol. The zero-order valence-corrected chi connectivity index (χ0v) is 13.3. The molecule has 22 heavy (non-hydrogen) atoms.